The molecule has 0 radical (unpaired) electrons. The highest BCUT2D eigenvalue weighted by molar-refractivity contribution is 7.91. The zero-order chi connectivity index (χ0) is 44.2. The molecular weight excluding hydrogens is 807 g/mol. The van der Waals surface area contributed by atoms with Gasteiger partial charge in [-0.1, -0.05) is 38.1 Å². The minimum absolute atomic E-state index is 0.00147. The van der Waals surface area contributed by atoms with Gasteiger partial charge in [-0.2, -0.15) is 0 Å². The fourth-order valence-corrected chi connectivity index (χ4v) is 9.75. The van der Waals surface area contributed by atoms with E-state index in [9.17, 15) is 32.7 Å². The molecule has 3 N–H and O–H groups in total. The molecule has 0 spiro atoms. The number of carboxylic acid groups (broad SMARTS) is 1. The molecule has 16 nitrogen and oxygen atoms in total. The van der Waals surface area contributed by atoms with Crippen molar-refractivity contribution in [3.63, 3.8) is 0 Å². The van der Waals surface area contributed by atoms with Crippen LogP contribution in [0.1, 0.15) is 86.5 Å². The Hall–Kier alpha value is -4.65. The number of allylic oxidation sites excluding steroid dienone is 1. The Morgan fingerprint density at radius 2 is 1.77 bits per heavy atom. The Labute approximate surface area is 348 Å². The van der Waals surface area contributed by atoms with Crippen LogP contribution in [0.15, 0.2) is 41.2 Å². The minimum atomic E-state index is -4.12. The number of nitrogens with zero attached hydrogens (tertiary/aromatic N) is 4. The largest absolute Gasteiger partial charge is 0.471 e. The van der Waals surface area contributed by atoms with Crippen molar-refractivity contribution in [1.82, 2.24) is 29.6 Å². The average molecular weight is 863 g/mol. The third-order valence-corrected chi connectivity index (χ3v) is 15.1. The summed E-state index contributed by atoms with van der Waals surface area (Å²) >= 11 is 0. The zero-order valence-corrected chi connectivity index (χ0v) is 35.9. The molecule has 2 aromatic rings. The number of hydrogen-bond donors (Lipinski definition) is 3. The summed E-state index contributed by atoms with van der Waals surface area (Å²) in [5.41, 5.74) is -4.51. The number of carbonyl (C=O) groups excluding carboxylic acids is 3. The molecule has 60 heavy (non-hydrogen) atoms. The highest BCUT2D eigenvalue weighted by Crippen LogP contribution is 2.48. The molecule has 1 aromatic heterocycles. The molecule has 1 saturated heterocycles. The van der Waals surface area contributed by atoms with E-state index < -0.39 is 91.2 Å². The number of amides is 4. The predicted octanol–water partition coefficient (Wildman–Crippen LogP) is 4.06. The van der Waals surface area contributed by atoms with Crippen LogP contribution in [0.5, 0.6) is 5.88 Å². The van der Waals surface area contributed by atoms with Crippen molar-refractivity contribution < 1.29 is 51.0 Å². The van der Waals surface area contributed by atoms with Crippen LogP contribution in [-0.4, -0.2) is 117 Å². The SMILES string of the molecule is COCCn1nc(O[C@@H]2C[C@H]3C(=O)N[C@]4(C(=O)NS(=O)(=O)C5(C)CC5)C[C@H]4C=CCC[C@H](C)C[C@@H](C)[C@H](N(C(=O)O)C(C)(C)C(C)(F)F)C(=O)N3C2)c2ccccc2c1=O. The smallest absolute Gasteiger partial charge is 0.408 e. The number of benzene rings is 1. The molecule has 19 heteroatoms. The minimum Gasteiger partial charge on any atom is -0.471 e. The van der Waals surface area contributed by atoms with Crippen LogP contribution in [0.4, 0.5) is 13.6 Å². The Morgan fingerprint density at radius 1 is 1.10 bits per heavy atom. The normalized spacial score (nSPS) is 28.4. The van der Waals surface area contributed by atoms with Gasteiger partial charge in [-0.3, -0.25) is 28.8 Å². The van der Waals surface area contributed by atoms with Gasteiger partial charge in [0.1, 0.15) is 29.3 Å². The number of nitrogens with one attached hydrogen (secondary N) is 2. The van der Waals surface area contributed by atoms with E-state index in [1.54, 1.807) is 37.3 Å². The summed E-state index contributed by atoms with van der Waals surface area (Å²) in [6.07, 6.45) is 2.70. The van der Waals surface area contributed by atoms with Gasteiger partial charge in [0.25, 0.3) is 17.4 Å². The summed E-state index contributed by atoms with van der Waals surface area (Å²) in [7, 11) is -2.65. The zero-order valence-electron chi connectivity index (χ0n) is 35.1. The quantitative estimate of drug-likeness (QED) is 0.275. The molecule has 6 rings (SSSR count). The van der Waals surface area contributed by atoms with E-state index in [1.807, 2.05) is 13.0 Å². The maximum Gasteiger partial charge on any atom is 0.408 e. The number of hydrogen-bond acceptors (Lipinski definition) is 10. The maximum atomic E-state index is 15.4. The summed E-state index contributed by atoms with van der Waals surface area (Å²) in [5, 5.41) is 18.5. The first-order chi connectivity index (χ1) is 28.0. The number of rotatable bonds is 11. The summed E-state index contributed by atoms with van der Waals surface area (Å²) in [4.78, 5) is 71.9. The predicted molar refractivity (Wildman–Crippen MR) is 216 cm³/mol. The molecule has 0 bridgehead atoms. The van der Waals surface area contributed by atoms with Crippen LogP contribution in [0.2, 0.25) is 0 Å². The fraction of sp³-hybridized carbons (Fsp3) is 0.659. The second-order valence-corrected chi connectivity index (χ2v) is 20.1. The molecule has 3 heterocycles. The third-order valence-electron chi connectivity index (χ3n) is 13.0. The Bertz CT molecular complexity index is 2220. The van der Waals surface area contributed by atoms with Gasteiger partial charge in [0.2, 0.25) is 27.7 Å². The maximum absolute atomic E-state index is 15.4. The van der Waals surface area contributed by atoms with Gasteiger partial charge in [0.15, 0.2) is 0 Å². The van der Waals surface area contributed by atoms with E-state index in [1.165, 1.54) is 18.7 Å². The standard InChI is InChI=1S/C41H56F2N6O10S/c1-24-12-8-9-13-26-22-41(26,36(53)46-60(56,57)39(5)16-17-39)44-32(50)30-21-27(59-33-28-14-10-11-15-29(28)34(51)48(45-33)18-19-58-7)23-47(30)35(52)31(25(2)20-24)49(37(54)55)38(3,4)40(6,42)43/h9-11,13-15,24-27,30-31H,8,12,16-23H2,1-7H3,(H,44,50)(H,46,53)(H,54,55)/t24-,25+,26+,27+,30-,31-,41+/m0/s1. The molecule has 7 atom stereocenters. The Morgan fingerprint density at radius 3 is 2.38 bits per heavy atom. The average Bonchev–Trinajstić information content (AvgIpc) is 4.05. The topological polar surface area (TPSA) is 207 Å². The first kappa shape index (κ1) is 44.9. The molecule has 2 saturated carbocycles. The number of aromatic nitrogens is 2. The molecule has 3 fully saturated rings. The monoisotopic (exact) mass is 862 g/mol. The van der Waals surface area contributed by atoms with Gasteiger partial charge in [0.05, 0.1) is 35.2 Å². The van der Waals surface area contributed by atoms with E-state index >= 15 is 13.6 Å². The van der Waals surface area contributed by atoms with Gasteiger partial charge in [-0.25, -0.2) is 26.7 Å². The van der Waals surface area contributed by atoms with Crippen molar-refractivity contribution >= 4 is 44.6 Å². The van der Waals surface area contributed by atoms with Crippen LogP contribution >= 0.6 is 0 Å². The number of alkyl halides is 2. The van der Waals surface area contributed by atoms with Gasteiger partial charge < -0.3 is 24.8 Å². The van der Waals surface area contributed by atoms with Crippen molar-refractivity contribution in [2.45, 2.75) is 133 Å². The Kier molecular flexibility index (Phi) is 12.2. The molecule has 330 valence electrons. The molecule has 0 unspecified atom stereocenters. The Balaban J connectivity index is 1.44. The van der Waals surface area contributed by atoms with E-state index in [0.29, 0.717) is 42.9 Å². The number of sulfonamides is 1. The van der Waals surface area contributed by atoms with Gasteiger partial charge in [-0.15, -0.1) is 5.10 Å². The van der Waals surface area contributed by atoms with E-state index in [-0.39, 0.29) is 56.1 Å². The number of halogens is 2. The van der Waals surface area contributed by atoms with Crippen molar-refractivity contribution in [2.24, 2.45) is 17.8 Å². The van der Waals surface area contributed by atoms with Crippen molar-refractivity contribution in [3.05, 3.63) is 46.8 Å². The summed E-state index contributed by atoms with van der Waals surface area (Å²) in [6, 6.07) is 3.42. The molecule has 2 aliphatic carbocycles. The second-order valence-electron chi connectivity index (χ2n) is 17.9. The third kappa shape index (κ3) is 8.47. The van der Waals surface area contributed by atoms with Gasteiger partial charge in [-0.05, 0) is 83.3 Å². The van der Waals surface area contributed by atoms with Gasteiger partial charge in [0, 0.05) is 26.4 Å². The van der Waals surface area contributed by atoms with Crippen molar-refractivity contribution in [1.29, 1.82) is 0 Å². The summed E-state index contributed by atoms with van der Waals surface area (Å²) in [6.45, 7) is 7.62. The van der Waals surface area contributed by atoms with Crippen molar-refractivity contribution in [2.75, 3.05) is 20.3 Å². The van der Waals surface area contributed by atoms with Crippen LogP contribution in [0.3, 0.4) is 0 Å². The van der Waals surface area contributed by atoms with E-state index in [0.717, 1.165) is 18.7 Å². The summed E-state index contributed by atoms with van der Waals surface area (Å²) in [5.74, 6) is -7.86. The number of methoxy groups -OCH3 is 1. The van der Waals surface area contributed by atoms with E-state index in [4.69, 9.17) is 9.47 Å². The molecular formula is C41H56F2N6O10S. The highest BCUT2D eigenvalue weighted by Gasteiger charge is 2.63. The lowest BCUT2D eigenvalue weighted by Gasteiger charge is -2.47. The number of ether oxygens (including phenoxy) is 2. The molecule has 4 aliphatic rings. The lowest BCUT2D eigenvalue weighted by atomic mass is 9.84. The molecule has 2 aliphatic heterocycles. The fourth-order valence-electron chi connectivity index (χ4n) is 8.44. The van der Waals surface area contributed by atoms with Crippen molar-refractivity contribution in [3.8, 4) is 5.88 Å². The van der Waals surface area contributed by atoms with Crippen LogP contribution < -0.4 is 20.3 Å². The second kappa shape index (κ2) is 16.3. The lowest BCUT2D eigenvalue weighted by molar-refractivity contribution is -0.156. The molecule has 1 aromatic carbocycles. The highest BCUT2D eigenvalue weighted by atomic mass is 32.2. The summed E-state index contributed by atoms with van der Waals surface area (Å²) < 4.78 is 71.1. The first-order valence-electron chi connectivity index (χ1n) is 20.4. The van der Waals surface area contributed by atoms with Crippen LogP contribution in [-0.2, 0) is 35.7 Å². The first-order valence-corrected chi connectivity index (χ1v) is 21.9. The molecule has 4 amide bonds. The van der Waals surface area contributed by atoms with Crippen LogP contribution in [0, 0.1) is 17.8 Å². The van der Waals surface area contributed by atoms with Crippen LogP contribution in [0.25, 0.3) is 10.8 Å². The number of fused-ring (bicyclic) bond motifs is 3. The number of carbonyl (C=O) groups is 4. The van der Waals surface area contributed by atoms with Gasteiger partial charge >= 0.3 is 6.09 Å². The lowest BCUT2D eigenvalue weighted by Crippen LogP contribution is -2.66. The van der Waals surface area contributed by atoms with E-state index in [2.05, 4.69) is 15.1 Å².